The Morgan fingerprint density at radius 1 is 1.35 bits per heavy atom. The van der Waals surface area contributed by atoms with Gasteiger partial charge in [0.05, 0.1) is 16.9 Å². The van der Waals surface area contributed by atoms with Crippen molar-refractivity contribution in [1.82, 2.24) is 4.98 Å². The summed E-state index contributed by atoms with van der Waals surface area (Å²) in [5.74, 6) is 0.535. The topological polar surface area (TPSA) is 57.4 Å². The van der Waals surface area contributed by atoms with Crippen LogP contribution in [0.25, 0.3) is 6.08 Å². The zero-order chi connectivity index (χ0) is 15.0. The molecule has 0 aromatic carbocycles. The van der Waals surface area contributed by atoms with Crippen molar-refractivity contribution in [2.45, 2.75) is 38.9 Å². The van der Waals surface area contributed by atoms with E-state index in [0.29, 0.717) is 11.4 Å². The van der Waals surface area contributed by atoms with Gasteiger partial charge in [0.1, 0.15) is 0 Å². The van der Waals surface area contributed by atoms with Crippen LogP contribution in [0.1, 0.15) is 33.4 Å². The van der Waals surface area contributed by atoms with Gasteiger partial charge in [0.15, 0.2) is 0 Å². The van der Waals surface area contributed by atoms with Gasteiger partial charge in [-0.3, -0.25) is 4.98 Å². The van der Waals surface area contributed by atoms with E-state index in [4.69, 9.17) is 15.0 Å². The molecule has 0 spiro atoms. The zero-order valence-electron chi connectivity index (χ0n) is 12.4. The maximum atomic E-state index is 6.02. The van der Waals surface area contributed by atoms with Gasteiger partial charge in [0.25, 0.3) is 0 Å². The van der Waals surface area contributed by atoms with Gasteiger partial charge in [-0.2, -0.15) is 12.6 Å². The molecule has 0 aliphatic carbocycles. The van der Waals surface area contributed by atoms with Gasteiger partial charge in [-0.1, -0.05) is 0 Å². The first-order valence-electron chi connectivity index (χ1n) is 6.64. The van der Waals surface area contributed by atoms with Crippen molar-refractivity contribution in [3.63, 3.8) is 0 Å². The number of nitrogen functional groups attached to an aromatic ring is 1. The predicted molar refractivity (Wildman–Crippen MR) is 86.6 cm³/mol. The molecule has 1 fully saturated rings. The predicted octanol–water partition coefficient (Wildman–Crippen LogP) is 2.61. The molecule has 2 heterocycles. The van der Waals surface area contributed by atoms with Crippen molar-refractivity contribution in [1.29, 1.82) is 0 Å². The molecule has 1 aliphatic rings. The number of anilines is 1. The van der Waals surface area contributed by atoms with Gasteiger partial charge in [-0.25, -0.2) is 0 Å². The largest absolute Gasteiger partial charge is 0.491 e. The van der Waals surface area contributed by atoms with Crippen LogP contribution in [0.15, 0.2) is 23.8 Å². The highest BCUT2D eigenvalue weighted by atomic mass is 32.1. The van der Waals surface area contributed by atoms with Crippen LogP contribution >= 0.6 is 12.6 Å². The first-order valence-corrected chi connectivity index (χ1v) is 7.27. The van der Waals surface area contributed by atoms with Crippen LogP contribution in [0.5, 0.6) is 0 Å². The third kappa shape index (κ3) is 3.02. The first kappa shape index (κ1) is 15.4. The number of hydrogen-bond acceptors (Lipinski definition) is 5. The highest BCUT2D eigenvalue weighted by Gasteiger charge is 2.52. The third-order valence-corrected chi connectivity index (χ3v) is 4.24. The minimum Gasteiger partial charge on any atom is -0.400 e. The van der Waals surface area contributed by atoms with Crippen LogP contribution in [-0.4, -0.2) is 29.1 Å². The Morgan fingerprint density at radius 3 is 2.45 bits per heavy atom. The molecule has 20 heavy (non-hydrogen) atoms. The summed E-state index contributed by atoms with van der Waals surface area (Å²) in [6.45, 7) is 8.12. The SMILES string of the molecule is CC1(C)OB(C(=Cc2cc(N)ccn2)CS)OC1(C)C. The smallest absolute Gasteiger partial charge is 0.400 e. The van der Waals surface area contributed by atoms with Crippen molar-refractivity contribution in [2.24, 2.45) is 0 Å². The molecule has 0 unspecified atom stereocenters. The molecule has 0 saturated carbocycles. The van der Waals surface area contributed by atoms with E-state index < -0.39 is 7.12 Å². The third-order valence-electron chi connectivity index (χ3n) is 3.88. The second-order valence-electron chi connectivity index (χ2n) is 5.98. The lowest BCUT2D eigenvalue weighted by molar-refractivity contribution is 0.00578. The molecule has 6 heteroatoms. The van der Waals surface area contributed by atoms with E-state index >= 15 is 0 Å². The lowest BCUT2D eigenvalue weighted by Gasteiger charge is -2.32. The van der Waals surface area contributed by atoms with Crippen LogP contribution in [-0.2, 0) is 9.31 Å². The molecule has 2 N–H and O–H groups in total. The quantitative estimate of drug-likeness (QED) is 0.664. The van der Waals surface area contributed by atoms with Gasteiger partial charge in [-0.05, 0) is 51.4 Å². The number of thiol groups is 1. The molecule has 1 saturated heterocycles. The maximum Gasteiger partial charge on any atom is 0.491 e. The molecule has 1 aromatic heterocycles. The molecule has 2 rings (SSSR count). The average molecular weight is 292 g/mol. The minimum atomic E-state index is -0.402. The van der Waals surface area contributed by atoms with Gasteiger partial charge in [-0.15, -0.1) is 0 Å². The van der Waals surface area contributed by atoms with E-state index in [9.17, 15) is 0 Å². The Kier molecular flexibility index (Phi) is 4.18. The minimum absolute atomic E-state index is 0.358. The van der Waals surface area contributed by atoms with Gasteiger partial charge in [0, 0.05) is 17.6 Å². The number of nitrogens with two attached hydrogens (primary N) is 1. The van der Waals surface area contributed by atoms with E-state index in [1.165, 1.54) is 0 Å². The molecule has 1 aliphatic heterocycles. The van der Waals surface area contributed by atoms with Crippen LogP contribution in [0.2, 0.25) is 0 Å². The van der Waals surface area contributed by atoms with Crippen LogP contribution in [0.3, 0.4) is 0 Å². The number of pyridine rings is 1. The molecule has 0 radical (unpaired) electrons. The summed E-state index contributed by atoms with van der Waals surface area (Å²) in [5.41, 5.74) is 7.44. The number of nitrogens with zero attached hydrogens (tertiary/aromatic N) is 1. The van der Waals surface area contributed by atoms with Gasteiger partial charge in [0.2, 0.25) is 0 Å². The van der Waals surface area contributed by atoms with Gasteiger partial charge >= 0.3 is 7.12 Å². The lowest BCUT2D eigenvalue weighted by Crippen LogP contribution is -2.41. The molecule has 108 valence electrons. The van der Waals surface area contributed by atoms with Gasteiger partial charge < -0.3 is 15.0 Å². The highest BCUT2D eigenvalue weighted by molar-refractivity contribution is 7.80. The van der Waals surface area contributed by atoms with Crippen molar-refractivity contribution < 1.29 is 9.31 Å². The van der Waals surface area contributed by atoms with E-state index in [1.54, 1.807) is 12.3 Å². The number of rotatable bonds is 3. The lowest BCUT2D eigenvalue weighted by atomic mass is 9.78. The monoisotopic (exact) mass is 292 g/mol. The number of hydrogen-bond donors (Lipinski definition) is 2. The summed E-state index contributed by atoms with van der Waals surface area (Å²) in [4.78, 5) is 4.27. The Hall–Kier alpha value is -0.975. The standard InChI is InChI=1S/C14H21BN2O2S/c1-13(2)14(3,4)19-15(18-13)10(9-20)7-12-8-11(16)5-6-17-12/h5-8,20H,9H2,1-4H3,(H2,16,17). The maximum absolute atomic E-state index is 6.02. The summed E-state index contributed by atoms with van der Waals surface area (Å²) >= 11 is 4.37. The molecular weight excluding hydrogens is 271 g/mol. The van der Waals surface area contributed by atoms with E-state index in [0.717, 1.165) is 11.2 Å². The molecule has 0 amide bonds. The molecule has 0 bridgehead atoms. The Balaban J connectivity index is 2.26. The van der Waals surface area contributed by atoms with Crippen molar-refractivity contribution in [2.75, 3.05) is 11.5 Å². The summed E-state index contributed by atoms with van der Waals surface area (Å²) in [6.07, 6.45) is 3.60. The van der Waals surface area contributed by atoms with E-state index in [1.807, 2.05) is 39.8 Å². The molecular formula is C14H21BN2O2S. The van der Waals surface area contributed by atoms with Crippen LogP contribution in [0, 0.1) is 0 Å². The Bertz CT molecular complexity index is 516. The van der Waals surface area contributed by atoms with Crippen molar-refractivity contribution in [3.05, 3.63) is 29.5 Å². The Labute approximate surface area is 126 Å². The fraction of sp³-hybridized carbons (Fsp3) is 0.500. The molecule has 1 aromatic rings. The molecule has 4 nitrogen and oxygen atoms in total. The highest BCUT2D eigenvalue weighted by Crippen LogP contribution is 2.38. The van der Waals surface area contributed by atoms with Crippen molar-refractivity contribution in [3.8, 4) is 0 Å². The second kappa shape index (κ2) is 5.43. The zero-order valence-corrected chi connectivity index (χ0v) is 13.3. The van der Waals surface area contributed by atoms with Crippen molar-refractivity contribution >= 4 is 31.5 Å². The van der Waals surface area contributed by atoms with E-state index in [-0.39, 0.29) is 11.2 Å². The summed E-state index contributed by atoms with van der Waals surface area (Å²) in [7, 11) is -0.402. The van der Waals surface area contributed by atoms with Crippen LogP contribution in [0.4, 0.5) is 5.69 Å². The van der Waals surface area contributed by atoms with Crippen LogP contribution < -0.4 is 5.73 Å². The summed E-state index contributed by atoms with van der Waals surface area (Å²) in [5, 5.41) is 0. The fourth-order valence-corrected chi connectivity index (χ4v) is 2.16. The average Bonchev–Trinajstić information content (AvgIpc) is 2.55. The fourth-order valence-electron chi connectivity index (χ4n) is 1.92. The Morgan fingerprint density at radius 2 is 1.95 bits per heavy atom. The van der Waals surface area contributed by atoms with E-state index in [2.05, 4.69) is 17.6 Å². The number of aromatic nitrogens is 1. The normalized spacial score (nSPS) is 21.2. The summed E-state index contributed by atoms with van der Waals surface area (Å²) < 4.78 is 12.0. The first-order chi connectivity index (χ1) is 9.25. The summed E-state index contributed by atoms with van der Waals surface area (Å²) in [6, 6.07) is 3.57. The molecule has 0 atom stereocenters. The second-order valence-corrected chi connectivity index (χ2v) is 6.30.